The first kappa shape index (κ1) is 29.5. The SMILES string of the molecule is CN/C=C\C1C=Cc2c(C)cc(C3=CC=C(c4nc(C5=CC=CCC5)nc(-c5ccc(-c6ccccc6)cc5)n4)CC3)nc2C1N. The second-order valence-electron chi connectivity index (χ2n) is 12.0. The molecule has 7 rings (SSSR count). The molecule has 2 heterocycles. The van der Waals surface area contributed by atoms with E-state index in [1.54, 1.807) is 0 Å². The van der Waals surface area contributed by atoms with Crippen LogP contribution >= 0.6 is 0 Å². The molecule has 2 atom stereocenters. The summed E-state index contributed by atoms with van der Waals surface area (Å²) in [6, 6.07) is 20.9. The zero-order chi connectivity index (χ0) is 31.5. The summed E-state index contributed by atoms with van der Waals surface area (Å²) in [5.41, 5.74) is 17.8. The highest BCUT2D eigenvalue weighted by molar-refractivity contribution is 5.78. The van der Waals surface area contributed by atoms with E-state index in [4.69, 9.17) is 25.7 Å². The third kappa shape index (κ3) is 6.04. The lowest BCUT2D eigenvalue weighted by atomic mass is 9.86. The van der Waals surface area contributed by atoms with E-state index in [2.05, 4.69) is 115 Å². The molecule has 3 aliphatic rings. The molecule has 3 aliphatic carbocycles. The Morgan fingerprint density at radius 2 is 1.43 bits per heavy atom. The van der Waals surface area contributed by atoms with Crippen LogP contribution in [0, 0.1) is 12.8 Å². The fraction of sp³-hybridized carbons (Fsp3) is 0.200. The number of hydrogen-bond donors (Lipinski definition) is 2. The number of nitrogens with zero attached hydrogens (tertiary/aromatic N) is 4. The zero-order valence-corrected chi connectivity index (χ0v) is 26.3. The van der Waals surface area contributed by atoms with E-state index in [-0.39, 0.29) is 12.0 Å². The maximum atomic E-state index is 6.72. The molecule has 0 saturated carbocycles. The van der Waals surface area contributed by atoms with Gasteiger partial charge in [-0.1, -0.05) is 103 Å². The molecule has 0 radical (unpaired) electrons. The summed E-state index contributed by atoms with van der Waals surface area (Å²) in [5, 5.41) is 3.07. The summed E-state index contributed by atoms with van der Waals surface area (Å²) in [7, 11) is 1.90. The van der Waals surface area contributed by atoms with Gasteiger partial charge in [-0.15, -0.1) is 0 Å². The Hall–Kier alpha value is -5.20. The minimum Gasteiger partial charge on any atom is -0.394 e. The number of nitrogens with two attached hydrogens (primary N) is 1. The molecule has 3 N–H and O–H groups in total. The molecular formula is C40H38N6. The van der Waals surface area contributed by atoms with Crippen molar-refractivity contribution in [3.63, 3.8) is 0 Å². The van der Waals surface area contributed by atoms with Gasteiger partial charge in [0.25, 0.3) is 0 Å². The molecule has 0 amide bonds. The number of aromatic nitrogens is 4. The largest absolute Gasteiger partial charge is 0.394 e. The summed E-state index contributed by atoms with van der Waals surface area (Å²) in [6.45, 7) is 2.14. The number of benzene rings is 2. The zero-order valence-electron chi connectivity index (χ0n) is 26.3. The van der Waals surface area contributed by atoms with Gasteiger partial charge in [0.2, 0.25) is 0 Å². The van der Waals surface area contributed by atoms with Gasteiger partial charge in [0.05, 0.1) is 17.4 Å². The number of pyridine rings is 1. The van der Waals surface area contributed by atoms with Crippen LogP contribution in [0.2, 0.25) is 0 Å². The van der Waals surface area contributed by atoms with Crippen LogP contribution in [0.25, 0.3) is 45.3 Å². The Kier molecular flexibility index (Phi) is 8.36. The Bertz CT molecular complexity index is 1940. The average molecular weight is 603 g/mol. The highest BCUT2D eigenvalue weighted by Gasteiger charge is 2.25. The van der Waals surface area contributed by atoms with E-state index < -0.39 is 0 Å². The molecule has 2 aromatic carbocycles. The van der Waals surface area contributed by atoms with Crippen molar-refractivity contribution in [3.8, 4) is 22.5 Å². The molecule has 2 unspecified atom stereocenters. The van der Waals surface area contributed by atoms with Crippen LogP contribution in [0.1, 0.15) is 65.9 Å². The summed E-state index contributed by atoms with van der Waals surface area (Å²) in [5.74, 6) is 2.29. The van der Waals surface area contributed by atoms with E-state index in [1.807, 2.05) is 19.3 Å². The first-order valence-corrected chi connectivity index (χ1v) is 16.0. The number of rotatable bonds is 7. The molecule has 0 spiro atoms. The number of hydrogen-bond acceptors (Lipinski definition) is 6. The molecule has 6 nitrogen and oxygen atoms in total. The van der Waals surface area contributed by atoms with Crippen molar-refractivity contribution < 1.29 is 0 Å². The van der Waals surface area contributed by atoms with Crippen LogP contribution < -0.4 is 11.1 Å². The van der Waals surface area contributed by atoms with Crippen LogP contribution in [0.4, 0.5) is 0 Å². The fourth-order valence-corrected chi connectivity index (χ4v) is 6.30. The lowest BCUT2D eigenvalue weighted by Crippen LogP contribution is -2.24. The predicted molar refractivity (Wildman–Crippen MR) is 189 cm³/mol. The molecule has 46 heavy (non-hydrogen) atoms. The highest BCUT2D eigenvalue weighted by Crippen LogP contribution is 2.36. The average Bonchev–Trinajstić information content (AvgIpc) is 3.12. The summed E-state index contributed by atoms with van der Waals surface area (Å²) in [4.78, 5) is 20.1. The van der Waals surface area contributed by atoms with Gasteiger partial charge in [0.15, 0.2) is 17.5 Å². The third-order valence-electron chi connectivity index (χ3n) is 8.95. The fourth-order valence-electron chi connectivity index (χ4n) is 6.30. The predicted octanol–water partition coefficient (Wildman–Crippen LogP) is 8.28. The van der Waals surface area contributed by atoms with Crippen LogP contribution in [0.5, 0.6) is 0 Å². The molecule has 228 valence electrons. The van der Waals surface area contributed by atoms with Crippen LogP contribution in [0.3, 0.4) is 0 Å². The van der Waals surface area contributed by atoms with Gasteiger partial charge in [0, 0.05) is 24.1 Å². The normalized spacial score (nSPS) is 19.0. The molecule has 0 saturated heterocycles. The summed E-state index contributed by atoms with van der Waals surface area (Å²) < 4.78 is 0. The lowest BCUT2D eigenvalue weighted by Gasteiger charge is -2.26. The highest BCUT2D eigenvalue weighted by atomic mass is 15.0. The standard InChI is InChI=1S/C40H38N6/c1-26-25-35(43-37-34(26)22-21-30(36(37)41)23-24-42-2)29-15-19-33(20-16-29)40-45-38(31-11-7-4-8-12-31)44-39(46-40)32-17-13-28(14-18-32)27-9-5-3-6-10-27/h3-7,9-11,13-15,17-19,21-25,30,36,42H,8,12,16,20,41H2,1-2H3/b24-23-. The Labute approximate surface area is 271 Å². The van der Waals surface area contributed by atoms with Crippen molar-refractivity contribution in [3.05, 3.63) is 144 Å². The molecule has 4 aromatic rings. The Balaban J connectivity index is 1.22. The van der Waals surface area contributed by atoms with Crippen LogP contribution in [-0.2, 0) is 0 Å². The minimum atomic E-state index is -0.189. The van der Waals surface area contributed by atoms with Crippen LogP contribution in [-0.4, -0.2) is 27.0 Å². The van der Waals surface area contributed by atoms with E-state index >= 15 is 0 Å². The third-order valence-corrected chi connectivity index (χ3v) is 8.95. The maximum Gasteiger partial charge on any atom is 0.164 e. The van der Waals surface area contributed by atoms with Crippen molar-refractivity contribution in [1.29, 1.82) is 0 Å². The van der Waals surface area contributed by atoms with Crippen molar-refractivity contribution in [2.75, 3.05) is 7.05 Å². The van der Waals surface area contributed by atoms with Gasteiger partial charge in [0.1, 0.15) is 0 Å². The van der Waals surface area contributed by atoms with Gasteiger partial charge in [-0.25, -0.2) is 15.0 Å². The molecule has 0 aliphatic heterocycles. The number of aryl methyl sites for hydroxylation is 1. The number of allylic oxidation sites excluding steroid dienone is 8. The lowest BCUT2D eigenvalue weighted by molar-refractivity contribution is 0.590. The smallest absolute Gasteiger partial charge is 0.164 e. The summed E-state index contributed by atoms with van der Waals surface area (Å²) >= 11 is 0. The Morgan fingerprint density at radius 1 is 0.761 bits per heavy atom. The van der Waals surface area contributed by atoms with Gasteiger partial charge >= 0.3 is 0 Å². The van der Waals surface area contributed by atoms with Gasteiger partial charge in [-0.3, -0.25) is 4.98 Å². The quantitative estimate of drug-likeness (QED) is 0.221. The molecular weight excluding hydrogens is 564 g/mol. The second kappa shape index (κ2) is 13.0. The number of fused-ring (bicyclic) bond motifs is 1. The van der Waals surface area contributed by atoms with Crippen LogP contribution in [0.15, 0.2) is 109 Å². The van der Waals surface area contributed by atoms with Gasteiger partial charge < -0.3 is 11.1 Å². The van der Waals surface area contributed by atoms with Gasteiger partial charge in [-0.2, -0.15) is 0 Å². The van der Waals surface area contributed by atoms with Crippen molar-refractivity contribution in [2.24, 2.45) is 11.7 Å². The molecule has 2 aromatic heterocycles. The second-order valence-corrected chi connectivity index (χ2v) is 12.0. The van der Waals surface area contributed by atoms with E-state index in [0.717, 1.165) is 71.0 Å². The topological polar surface area (TPSA) is 89.6 Å². The Morgan fingerprint density at radius 3 is 2.13 bits per heavy atom. The first-order chi connectivity index (χ1) is 22.6. The number of nitrogens with one attached hydrogen (secondary N) is 1. The summed E-state index contributed by atoms with van der Waals surface area (Å²) in [6.07, 6.45) is 22.7. The minimum absolute atomic E-state index is 0.102. The molecule has 0 fully saturated rings. The first-order valence-electron chi connectivity index (χ1n) is 16.0. The van der Waals surface area contributed by atoms with E-state index in [9.17, 15) is 0 Å². The monoisotopic (exact) mass is 602 g/mol. The van der Waals surface area contributed by atoms with Crippen molar-refractivity contribution >= 4 is 22.8 Å². The van der Waals surface area contributed by atoms with Crippen molar-refractivity contribution in [1.82, 2.24) is 25.3 Å². The van der Waals surface area contributed by atoms with E-state index in [0.29, 0.717) is 5.82 Å². The molecule has 0 bridgehead atoms. The molecule has 6 heteroatoms. The van der Waals surface area contributed by atoms with Crippen molar-refractivity contribution in [2.45, 2.75) is 38.6 Å². The maximum absolute atomic E-state index is 6.72. The van der Waals surface area contributed by atoms with Gasteiger partial charge in [-0.05, 0) is 78.3 Å². The van der Waals surface area contributed by atoms with E-state index in [1.165, 1.54) is 22.3 Å².